The number of halogens is 4. The predicted molar refractivity (Wildman–Crippen MR) is 134 cm³/mol. The van der Waals surface area contributed by atoms with E-state index in [2.05, 4.69) is 4.72 Å². The van der Waals surface area contributed by atoms with Crippen LogP contribution in [0.3, 0.4) is 0 Å². The van der Waals surface area contributed by atoms with Crippen molar-refractivity contribution in [1.82, 2.24) is 4.90 Å². The molecule has 0 spiro atoms. The van der Waals surface area contributed by atoms with Gasteiger partial charge in [0.05, 0.1) is 15.6 Å². The van der Waals surface area contributed by atoms with Gasteiger partial charge in [-0.1, -0.05) is 29.8 Å². The van der Waals surface area contributed by atoms with Crippen molar-refractivity contribution >= 4 is 44.4 Å². The van der Waals surface area contributed by atoms with E-state index in [1.807, 2.05) is 11.9 Å². The van der Waals surface area contributed by atoms with Gasteiger partial charge in [-0.25, -0.2) is 8.42 Å². The van der Waals surface area contributed by atoms with Gasteiger partial charge in [0.1, 0.15) is 16.1 Å². The van der Waals surface area contributed by atoms with Crippen molar-refractivity contribution in [3.63, 3.8) is 0 Å². The van der Waals surface area contributed by atoms with Crippen molar-refractivity contribution in [3.05, 3.63) is 64.0 Å². The summed E-state index contributed by atoms with van der Waals surface area (Å²) in [5, 5.41) is 0. The summed E-state index contributed by atoms with van der Waals surface area (Å²) in [6.07, 6.45) is -4.56. The van der Waals surface area contributed by atoms with Crippen molar-refractivity contribution < 1.29 is 31.1 Å². The van der Waals surface area contributed by atoms with E-state index >= 15 is 0 Å². The molecule has 6 nitrogen and oxygen atoms in total. The number of nitrogens with zero attached hydrogens (tertiary/aromatic N) is 1. The third-order valence-corrected chi connectivity index (χ3v) is 8.85. The van der Waals surface area contributed by atoms with Gasteiger partial charge in [0, 0.05) is 30.3 Å². The van der Waals surface area contributed by atoms with Crippen molar-refractivity contribution in [2.24, 2.45) is 0 Å². The topological polar surface area (TPSA) is 75.7 Å². The van der Waals surface area contributed by atoms with Crippen molar-refractivity contribution in [3.8, 4) is 16.9 Å². The predicted octanol–water partition coefficient (Wildman–Crippen LogP) is 6.17. The van der Waals surface area contributed by atoms with Crippen LogP contribution in [0.4, 0.5) is 18.9 Å². The number of ketones is 1. The molecule has 1 fully saturated rings. The van der Waals surface area contributed by atoms with E-state index in [0.717, 1.165) is 29.5 Å². The van der Waals surface area contributed by atoms with Gasteiger partial charge >= 0.3 is 6.18 Å². The van der Waals surface area contributed by atoms with Crippen LogP contribution in [0.15, 0.2) is 52.7 Å². The summed E-state index contributed by atoms with van der Waals surface area (Å²) in [5.41, 5.74) is 0.0671. The van der Waals surface area contributed by atoms with Gasteiger partial charge in [-0.15, -0.1) is 11.3 Å². The van der Waals surface area contributed by atoms with E-state index in [-0.39, 0.29) is 25.6 Å². The monoisotopic (exact) mass is 558 g/mol. The Morgan fingerprint density at radius 3 is 2.58 bits per heavy atom. The highest BCUT2D eigenvalue weighted by Gasteiger charge is 2.36. The van der Waals surface area contributed by atoms with Crippen LogP contribution in [0.2, 0.25) is 4.34 Å². The number of ether oxygens (including phenoxy) is 1. The van der Waals surface area contributed by atoms with Gasteiger partial charge in [-0.2, -0.15) is 13.2 Å². The molecule has 0 bridgehead atoms. The minimum atomic E-state index is -4.67. The molecule has 36 heavy (non-hydrogen) atoms. The van der Waals surface area contributed by atoms with E-state index < -0.39 is 33.6 Å². The molecule has 1 aliphatic heterocycles. The molecule has 0 aliphatic carbocycles. The average Bonchev–Trinajstić information content (AvgIpc) is 3.38. The molecular formula is C24H22ClF3N2O4S2. The standard InChI is InChI=1S/C24H22ClF3N2O4S2/c1-14(31)15-4-3-5-16(10-15)19-12-22(25)35-23(19)36(32,33)29-17-6-7-20(24(26,27)28)21(11-17)34-18-8-9-30(2)13-18/h3-7,10-12,18,29H,8-9,13H2,1-2H3/t18-/m1/s1. The van der Waals surface area contributed by atoms with Gasteiger partial charge in [-0.3, -0.25) is 9.52 Å². The van der Waals surface area contributed by atoms with Gasteiger partial charge in [0.25, 0.3) is 10.0 Å². The van der Waals surface area contributed by atoms with E-state index in [4.69, 9.17) is 16.3 Å². The molecule has 0 radical (unpaired) electrons. The molecule has 1 aromatic heterocycles. The molecule has 0 unspecified atom stereocenters. The first-order chi connectivity index (χ1) is 16.8. The summed E-state index contributed by atoms with van der Waals surface area (Å²) >= 11 is 6.94. The number of rotatable bonds is 7. The average molecular weight is 559 g/mol. The maximum atomic E-state index is 13.6. The number of benzene rings is 2. The Bertz CT molecular complexity index is 1410. The van der Waals surface area contributed by atoms with Crippen LogP contribution in [0.5, 0.6) is 5.75 Å². The molecule has 0 saturated carbocycles. The van der Waals surface area contributed by atoms with E-state index in [0.29, 0.717) is 30.6 Å². The van der Waals surface area contributed by atoms with Crippen LogP contribution in [-0.2, 0) is 16.2 Å². The number of Topliss-reactive ketones (excluding diaryl/α,β-unsaturated/α-hetero) is 1. The summed E-state index contributed by atoms with van der Waals surface area (Å²) in [4.78, 5) is 13.7. The molecule has 3 aromatic rings. The molecule has 1 N–H and O–H groups in total. The zero-order valence-electron chi connectivity index (χ0n) is 19.2. The maximum absolute atomic E-state index is 13.6. The highest BCUT2D eigenvalue weighted by Crippen LogP contribution is 2.41. The first kappa shape index (κ1) is 26.5. The number of sulfonamides is 1. The highest BCUT2D eigenvalue weighted by molar-refractivity contribution is 7.94. The van der Waals surface area contributed by atoms with Crippen LogP contribution in [0.1, 0.15) is 29.3 Å². The number of thiophene rings is 1. The number of anilines is 1. The Balaban J connectivity index is 1.69. The number of alkyl halides is 3. The molecular weight excluding hydrogens is 537 g/mol. The van der Waals surface area contributed by atoms with Crippen molar-refractivity contribution in [2.45, 2.75) is 29.8 Å². The van der Waals surface area contributed by atoms with Crippen LogP contribution in [0, 0.1) is 0 Å². The fourth-order valence-electron chi connectivity index (χ4n) is 3.94. The SMILES string of the molecule is CC(=O)c1cccc(-c2cc(Cl)sc2S(=O)(=O)Nc2ccc(C(F)(F)F)c(O[C@@H]3CCN(C)C3)c2)c1. The largest absolute Gasteiger partial charge is 0.488 e. The van der Waals surface area contributed by atoms with Gasteiger partial charge < -0.3 is 9.64 Å². The molecule has 0 amide bonds. The summed E-state index contributed by atoms with van der Waals surface area (Å²) in [7, 11) is -2.41. The van der Waals surface area contributed by atoms with Crippen LogP contribution < -0.4 is 9.46 Å². The number of carbonyl (C=O) groups is 1. The first-order valence-electron chi connectivity index (χ1n) is 10.8. The lowest BCUT2D eigenvalue weighted by Crippen LogP contribution is -2.23. The van der Waals surface area contributed by atoms with Crippen molar-refractivity contribution in [2.75, 3.05) is 24.9 Å². The molecule has 12 heteroatoms. The molecule has 1 atom stereocenters. The number of hydrogen-bond donors (Lipinski definition) is 1. The lowest BCUT2D eigenvalue weighted by molar-refractivity contribution is -0.139. The second-order valence-corrected chi connectivity index (χ2v) is 12.1. The van der Waals surface area contributed by atoms with Gasteiger partial charge in [0.2, 0.25) is 0 Å². The Morgan fingerprint density at radius 2 is 1.94 bits per heavy atom. The number of likely N-dealkylation sites (tertiary alicyclic amines) is 1. The third-order valence-electron chi connectivity index (χ3n) is 5.67. The molecule has 2 heterocycles. The second-order valence-electron chi connectivity index (χ2n) is 8.49. The van der Waals surface area contributed by atoms with Crippen LogP contribution in [0.25, 0.3) is 11.1 Å². The molecule has 192 valence electrons. The first-order valence-corrected chi connectivity index (χ1v) is 13.5. The minimum Gasteiger partial charge on any atom is -0.488 e. The van der Waals surface area contributed by atoms with E-state index in [9.17, 15) is 26.4 Å². The molecule has 4 rings (SSSR count). The van der Waals surface area contributed by atoms with E-state index in [1.54, 1.807) is 24.3 Å². The zero-order valence-corrected chi connectivity index (χ0v) is 21.6. The highest BCUT2D eigenvalue weighted by atomic mass is 35.5. The zero-order chi connectivity index (χ0) is 26.3. The van der Waals surface area contributed by atoms with Crippen LogP contribution >= 0.6 is 22.9 Å². The Hall–Kier alpha value is -2.60. The second kappa shape index (κ2) is 10.0. The number of hydrogen-bond acceptors (Lipinski definition) is 6. The van der Waals surface area contributed by atoms with Crippen molar-refractivity contribution in [1.29, 1.82) is 0 Å². The van der Waals surface area contributed by atoms with Crippen LogP contribution in [-0.4, -0.2) is 45.3 Å². The fourth-order valence-corrected chi connectivity index (χ4v) is 6.89. The number of nitrogens with one attached hydrogen (secondary N) is 1. The summed E-state index contributed by atoms with van der Waals surface area (Å²) in [5.74, 6) is -0.631. The fraction of sp³-hybridized carbons (Fsp3) is 0.292. The Kier molecular flexibility index (Phi) is 7.38. The molecule has 2 aromatic carbocycles. The number of carbonyl (C=O) groups excluding carboxylic acids is 1. The molecule has 1 aliphatic rings. The lowest BCUT2D eigenvalue weighted by atomic mass is 10.0. The normalized spacial score (nSPS) is 16.8. The summed E-state index contributed by atoms with van der Waals surface area (Å²) in [6, 6.07) is 10.8. The van der Waals surface area contributed by atoms with Gasteiger partial charge in [0.15, 0.2) is 5.78 Å². The quantitative estimate of drug-likeness (QED) is 0.351. The Morgan fingerprint density at radius 1 is 1.19 bits per heavy atom. The minimum absolute atomic E-state index is 0.0858. The molecule has 1 saturated heterocycles. The van der Waals surface area contributed by atoms with Gasteiger partial charge in [-0.05, 0) is 50.2 Å². The smallest absolute Gasteiger partial charge is 0.419 e. The maximum Gasteiger partial charge on any atom is 0.419 e. The Labute approximate surface area is 215 Å². The summed E-state index contributed by atoms with van der Waals surface area (Å²) in [6.45, 7) is 2.54. The lowest BCUT2D eigenvalue weighted by Gasteiger charge is -2.19. The summed E-state index contributed by atoms with van der Waals surface area (Å²) < 4.78 is 75.5. The number of likely N-dealkylation sites (N-methyl/N-ethyl adjacent to an activating group) is 1. The third kappa shape index (κ3) is 5.86. The van der Waals surface area contributed by atoms with E-state index in [1.165, 1.54) is 13.0 Å².